The highest BCUT2D eigenvalue weighted by atomic mass is 16.4. The lowest BCUT2D eigenvalue weighted by molar-refractivity contribution is 0.0696. The highest BCUT2D eigenvalue weighted by Gasteiger charge is 2.14. The summed E-state index contributed by atoms with van der Waals surface area (Å²) < 4.78 is 0. The Balaban J connectivity index is 0.000000346. The third-order valence-corrected chi connectivity index (χ3v) is 5.39. The van der Waals surface area contributed by atoms with E-state index in [2.05, 4.69) is 52.0 Å². The number of rotatable bonds is 5. The predicted octanol–water partition coefficient (Wildman–Crippen LogP) is 4.07. The lowest BCUT2D eigenvalue weighted by Crippen LogP contribution is -2.07. The van der Waals surface area contributed by atoms with Crippen LogP contribution in [0.3, 0.4) is 0 Å². The quantitative estimate of drug-likeness (QED) is 0.283. The number of nitrogen functional groups attached to an aromatic ring is 2. The molecule has 0 radical (unpaired) electrons. The maximum atomic E-state index is 10.6. The number of anilines is 2. The van der Waals surface area contributed by atoms with Crippen LogP contribution in [0.5, 0.6) is 0 Å². The summed E-state index contributed by atoms with van der Waals surface area (Å²) in [6.45, 7) is 8.24. The number of aryl methyl sites for hydroxylation is 4. The third-order valence-electron chi connectivity index (χ3n) is 5.39. The smallest absolute Gasteiger partial charge is 0.335 e. The zero-order valence-electron chi connectivity index (χ0n) is 20.9. The summed E-state index contributed by atoms with van der Waals surface area (Å²) in [5, 5.41) is 32.8. The molecule has 0 heterocycles. The molecular formula is C27H32N2O7. The summed E-state index contributed by atoms with van der Waals surface area (Å²) in [6.07, 6.45) is 0.921. The van der Waals surface area contributed by atoms with Gasteiger partial charge in [0.2, 0.25) is 0 Å². The van der Waals surface area contributed by atoms with Crippen LogP contribution in [0.2, 0.25) is 0 Å². The van der Waals surface area contributed by atoms with E-state index in [1.807, 2.05) is 0 Å². The maximum Gasteiger partial charge on any atom is 0.335 e. The van der Waals surface area contributed by atoms with Crippen molar-refractivity contribution >= 4 is 29.3 Å². The van der Waals surface area contributed by atoms with Gasteiger partial charge in [0.25, 0.3) is 0 Å². The molecule has 0 saturated carbocycles. The fourth-order valence-corrected chi connectivity index (χ4v) is 3.57. The van der Waals surface area contributed by atoms with Gasteiger partial charge in [0.05, 0.1) is 16.7 Å². The number of aromatic carboxylic acids is 3. The summed E-state index contributed by atoms with van der Waals surface area (Å²) in [7, 11) is 1.00. The largest absolute Gasteiger partial charge is 0.478 e. The van der Waals surface area contributed by atoms with E-state index in [1.165, 1.54) is 11.1 Å². The number of benzene rings is 3. The van der Waals surface area contributed by atoms with Crippen molar-refractivity contribution in [1.29, 1.82) is 0 Å². The molecule has 192 valence electrons. The first-order chi connectivity index (χ1) is 16.8. The molecule has 3 rings (SSSR count). The van der Waals surface area contributed by atoms with Gasteiger partial charge in [0.15, 0.2) is 0 Å². The molecule has 0 aliphatic carbocycles. The van der Waals surface area contributed by atoms with Crippen molar-refractivity contribution in [3.63, 3.8) is 0 Å². The number of carbonyl (C=O) groups is 3. The second kappa shape index (κ2) is 12.9. The number of aliphatic hydroxyl groups is 1. The van der Waals surface area contributed by atoms with Gasteiger partial charge >= 0.3 is 17.9 Å². The van der Waals surface area contributed by atoms with Crippen LogP contribution < -0.4 is 11.5 Å². The minimum atomic E-state index is -1.37. The van der Waals surface area contributed by atoms with Crippen LogP contribution in [0, 0.1) is 27.7 Å². The molecular weight excluding hydrogens is 464 g/mol. The first kappa shape index (κ1) is 29.7. The molecule has 0 aliphatic rings. The summed E-state index contributed by atoms with van der Waals surface area (Å²) >= 11 is 0. The van der Waals surface area contributed by atoms with Gasteiger partial charge in [-0.2, -0.15) is 0 Å². The Morgan fingerprint density at radius 3 is 0.972 bits per heavy atom. The van der Waals surface area contributed by atoms with Crippen molar-refractivity contribution in [1.82, 2.24) is 0 Å². The van der Waals surface area contributed by atoms with Crippen molar-refractivity contribution in [2.75, 3.05) is 18.6 Å². The van der Waals surface area contributed by atoms with Crippen molar-refractivity contribution in [2.24, 2.45) is 0 Å². The summed E-state index contributed by atoms with van der Waals surface area (Å²) in [4.78, 5) is 31.7. The minimum Gasteiger partial charge on any atom is -0.478 e. The van der Waals surface area contributed by atoms with E-state index < -0.39 is 17.9 Å². The molecule has 36 heavy (non-hydrogen) atoms. The summed E-state index contributed by atoms with van der Waals surface area (Å²) in [6, 6.07) is 11.4. The minimum absolute atomic E-state index is 0.368. The molecule has 0 saturated heterocycles. The van der Waals surface area contributed by atoms with Crippen LogP contribution in [0.1, 0.15) is 64.5 Å². The monoisotopic (exact) mass is 496 g/mol. The topological polar surface area (TPSA) is 184 Å². The molecule has 3 aromatic rings. The number of carboxylic acids is 3. The van der Waals surface area contributed by atoms with E-state index >= 15 is 0 Å². The number of hydrogen-bond donors (Lipinski definition) is 6. The van der Waals surface area contributed by atoms with Crippen LogP contribution in [0.25, 0.3) is 0 Å². The zero-order chi connectivity index (χ0) is 27.7. The zero-order valence-corrected chi connectivity index (χ0v) is 20.9. The lowest BCUT2D eigenvalue weighted by atomic mass is 9.96. The lowest BCUT2D eigenvalue weighted by Gasteiger charge is -2.11. The molecule has 0 spiro atoms. The van der Waals surface area contributed by atoms with E-state index in [0.717, 1.165) is 65.4 Å². The number of carboxylic acid groups (broad SMARTS) is 3. The van der Waals surface area contributed by atoms with Gasteiger partial charge in [-0.3, -0.25) is 0 Å². The van der Waals surface area contributed by atoms with Gasteiger partial charge < -0.3 is 31.9 Å². The van der Waals surface area contributed by atoms with Crippen LogP contribution in [-0.4, -0.2) is 45.4 Å². The van der Waals surface area contributed by atoms with Crippen molar-refractivity contribution in [3.05, 3.63) is 92.5 Å². The van der Waals surface area contributed by atoms with Crippen LogP contribution in [0.15, 0.2) is 42.5 Å². The molecule has 9 nitrogen and oxygen atoms in total. The molecule has 0 atom stereocenters. The molecule has 8 N–H and O–H groups in total. The Morgan fingerprint density at radius 2 is 0.778 bits per heavy atom. The number of hydrogen-bond acceptors (Lipinski definition) is 6. The Hall–Kier alpha value is -4.37. The van der Waals surface area contributed by atoms with E-state index in [-0.39, 0.29) is 16.7 Å². The van der Waals surface area contributed by atoms with Crippen LogP contribution >= 0.6 is 0 Å². The van der Waals surface area contributed by atoms with E-state index in [9.17, 15) is 14.4 Å². The second-order valence-corrected chi connectivity index (χ2v) is 8.18. The van der Waals surface area contributed by atoms with E-state index in [4.69, 9.17) is 31.9 Å². The molecule has 0 aromatic heterocycles. The molecule has 0 bridgehead atoms. The maximum absolute atomic E-state index is 10.6. The molecule has 0 unspecified atom stereocenters. The Labute approximate surface area is 209 Å². The fourth-order valence-electron chi connectivity index (χ4n) is 3.57. The Morgan fingerprint density at radius 1 is 0.556 bits per heavy atom. The van der Waals surface area contributed by atoms with Crippen LogP contribution in [-0.2, 0) is 6.42 Å². The van der Waals surface area contributed by atoms with Gasteiger partial charge in [-0.1, -0.05) is 24.3 Å². The molecule has 0 fully saturated rings. The average molecular weight is 497 g/mol. The number of nitrogens with two attached hydrogens (primary N) is 2. The molecule has 3 aromatic carbocycles. The highest BCUT2D eigenvalue weighted by Crippen LogP contribution is 2.24. The van der Waals surface area contributed by atoms with E-state index in [0.29, 0.717) is 0 Å². The summed E-state index contributed by atoms with van der Waals surface area (Å²) in [5.41, 5.74) is 19.9. The van der Waals surface area contributed by atoms with Gasteiger partial charge in [0.1, 0.15) is 0 Å². The SMILES string of the molecule is CO.Cc1cc(Cc2cc(C)c(N)c(C)c2)cc(C)c1N.O=C(O)c1cc(C(=O)O)cc(C(=O)O)c1. The highest BCUT2D eigenvalue weighted by molar-refractivity contribution is 5.98. The average Bonchev–Trinajstić information content (AvgIpc) is 2.82. The van der Waals surface area contributed by atoms with Crippen molar-refractivity contribution in [2.45, 2.75) is 34.1 Å². The van der Waals surface area contributed by atoms with Crippen molar-refractivity contribution < 1.29 is 34.8 Å². The standard InChI is InChI=1S/C17H22N2.C9H6O6.CH4O/c1-10-5-14(6-11(2)16(10)18)9-15-7-12(3)17(19)13(4)8-15;10-7(11)4-1-5(8(12)13)3-6(2-4)9(14)15;1-2/h5-8H,9,18-19H2,1-4H3;1-3H,(H,10,11)(H,12,13)(H,14,15);2H,1H3. The third kappa shape index (κ3) is 7.85. The molecule has 0 amide bonds. The van der Waals surface area contributed by atoms with Gasteiger partial charge in [-0.05, 0) is 85.7 Å². The fraction of sp³-hybridized carbons (Fsp3) is 0.222. The first-order valence-electron chi connectivity index (χ1n) is 10.8. The predicted molar refractivity (Wildman–Crippen MR) is 139 cm³/mol. The normalized spacial score (nSPS) is 9.83. The first-order valence-corrected chi connectivity index (χ1v) is 10.8. The Kier molecular flexibility index (Phi) is 10.6. The summed E-state index contributed by atoms with van der Waals surface area (Å²) in [5.74, 6) is -4.12. The molecule has 0 aliphatic heterocycles. The van der Waals surface area contributed by atoms with Gasteiger partial charge in [-0.15, -0.1) is 0 Å². The second-order valence-electron chi connectivity index (χ2n) is 8.18. The molecule has 9 heteroatoms. The Bertz CT molecular complexity index is 1100. The van der Waals surface area contributed by atoms with Crippen LogP contribution in [0.4, 0.5) is 11.4 Å². The van der Waals surface area contributed by atoms with Crippen molar-refractivity contribution in [3.8, 4) is 0 Å². The number of aliphatic hydroxyl groups excluding tert-OH is 1. The van der Waals surface area contributed by atoms with E-state index in [1.54, 1.807) is 0 Å². The van der Waals surface area contributed by atoms with Gasteiger partial charge in [-0.25, -0.2) is 14.4 Å². The van der Waals surface area contributed by atoms with Gasteiger partial charge in [0, 0.05) is 18.5 Å².